The van der Waals surface area contributed by atoms with E-state index in [-0.39, 0.29) is 5.54 Å². The second-order valence-corrected chi connectivity index (χ2v) is 5.23. The molecule has 0 radical (unpaired) electrons. The van der Waals surface area contributed by atoms with Crippen LogP contribution in [0.25, 0.3) is 0 Å². The van der Waals surface area contributed by atoms with E-state index in [2.05, 4.69) is 11.8 Å². The Morgan fingerprint density at radius 3 is 2.39 bits per heavy atom. The summed E-state index contributed by atoms with van der Waals surface area (Å²) in [5, 5.41) is 0. The molecule has 1 saturated carbocycles. The van der Waals surface area contributed by atoms with Crippen LogP contribution < -0.4 is 5.73 Å². The van der Waals surface area contributed by atoms with Crippen molar-refractivity contribution in [3.63, 3.8) is 0 Å². The van der Waals surface area contributed by atoms with Gasteiger partial charge in [0.15, 0.2) is 0 Å². The number of ether oxygens (including phenoxy) is 2. The highest BCUT2D eigenvalue weighted by molar-refractivity contribution is 4.95. The monoisotopic (exact) mass is 258 g/mol. The zero-order valence-electron chi connectivity index (χ0n) is 12.1. The van der Waals surface area contributed by atoms with E-state index in [1.54, 1.807) is 7.11 Å². The highest BCUT2D eigenvalue weighted by atomic mass is 16.5. The van der Waals surface area contributed by atoms with Crippen LogP contribution in [-0.2, 0) is 9.47 Å². The van der Waals surface area contributed by atoms with Gasteiger partial charge in [0.25, 0.3) is 0 Å². The summed E-state index contributed by atoms with van der Waals surface area (Å²) in [5.74, 6) is 0. The predicted molar refractivity (Wildman–Crippen MR) is 74.8 cm³/mol. The summed E-state index contributed by atoms with van der Waals surface area (Å²) in [6, 6.07) is 0. The van der Waals surface area contributed by atoms with Gasteiger partial charge in [0, 0.05) is 25.7 Å². The molecule has 0 aromatic rings. The van der Waals surface area contributed by atoms with Gasteiger partial charge in [-0.1, -0.05) is 19.8 Å². The zero-order chi connectivity index (χ0) is 13.3. The fourth-order valence-corrected chi connectivity index (χ4v) is 2.96. The summed E-state index contributed by atoms with van der Waals surface area (Å²) in [6.07, 6.45) is 6.33. The van der Waals surface area contributed by atoms with E-state index in [1.165, 1.54) is 32.1 Å². The van der Waals surface area contributed by atoms with Gasteiger partial charge >= 0.3 is 0 Å². The average Bonchev–Trinajstić information content (AvgIpc) is 2.87. The van der Waals surface area contributed by atoms with Crippen LogP contribution in [-0.4, -0.2) is 57.0 Å². The Morgan fingerprint density at radius 1 is 1.11 bits per heavy atom. The molecule has 0 atom stereocenters. The summed E-state index contributed by atoms with van der Waals surface area (Å²) in [4.78, 5) is 2.56. The Labute approximate surface area is 112 Å². The van der Waals surface area contributed by atoms with E-state index in [0.717, 1.165) is 26.2 Å². The highest BCUT2D eigenvalue weighted by Crippen LogP contribution is 2.34. The van der Waals surface area contributed by atoms with E-state index in [9.17, 15) is 0 Å². The first-order valence-electron chi connectivity index (χ1n) is 7.31. The second kappa shape index (κ2) is 8.86. The number of hydrogen-bond acceptors (Lipinski definition) is 4. The van der Waals surface area contributed by atoms with Gasteiger partial charge in [-0.3, -0.25) is 4.90 Å². The fraction of sp³-hybridized carbons (Fsp3) is 1.00. The van der Waals surface area contributed by atoms with Gasteiger partial charge in [-0.25, -0.2) is 0 Å². The van der Waals surface area contributed by atoms with E-state index >= 15 is 0 Å². The maximum Gasteiger partial charge on any atom is 0.0700 e. The van der Waals surface area contributed by atoms with Gasteiger partial charge in [0.05, 0.1) is 19.8 Å². The molecule has 108 valence electrons. The lowest BCUT2D eigenvalue weighted by molar-refractivity contribution is 0.0280. The van der Waals surface area contributed by atoms with Gasteiger partial charge in [-0.05, 0) is 25.8 Å². The third kappa shape index (κ3) is 4.50. The molecule has 0 unspecified atom stereocenters. The minimum absolute atomic E-state index is 0.251. The summed E-state index contributed by atoms with van der Waals surface area (Å²) in [6.45, 7) is 7.29. The van der Waals surface area contributed by atoms with Gasteiger partial charge in [0.1, 0.15) is 0 Å². The summed E-state index contributed by atoms with van der Waals surface area (Å²) in [5.41, 5.74) is 6.30. The van der Waals surface area contributed by atoms with Crippen molar-refractivity contribution < 1.29 is 9.47 Å². The summed E-state index contributed by atoms with van der Waals surface area (Å²) < 4.78 is 10.6. The molecule has 0 aliphatic heterocycles. The average molecular weight is 258 g/mol. The van der Waals surface area contributed by atoms with Crippen molar-refractivity contribution in [3.05, 3.63) is 0 Å². The fourth-order valence-electron chi connectivity index (χ4n) is 2.96. The van der Waals surface area contributed by atoms with Crippen molar-refractivity contribution in [3.8, 4) is 0 Å². The molecule has 1 rings (SSSR count). The smallest absolute Gasteiger partial charge is 0.0700 e. The second-order valence-electron chi connectivity index (χ2n) is 5.23. The van der Waals surface area contributed by atoms with Crippen LogP contribution in [0.1, 0.15) is 39.0 Å². The lowest BCUT2D eigenvalue weighted by Crippen LogP contribution is -2.53. The van der Waals surface area contributed by atoms with Crippen LogP contribution in [0.4, 0.5) is 0 Å². The van der Waals surface area contributed by atoms with Crippen molar-refractivity contribution in [1.82, 2.24) is 4.90 Å². The molecule has 0 spiro atoms. The number of nitrogens with zero attached hydrogens (tertiary/aromatic N) is 1. The molecule has 1 aliphatic carbocycles. The van der Waals surface area contributed by atoms with Gasteiger partial charge in [-0.15, -0.1) is 0 Å². The molecular formula is C14H30N2O2. The molecule has 0 bridgehead atoms. The Bertz CT molecular complexity index is 206. The summed E-state index contributed by atoms with van der Waals surface area (Å²) >= 11 is 0. The minimum Gasteiger partial charge on any atom is -0.382 e. The van der Waals surface area contributed by atoms with Crippen molar-refractivity contribution in [2.45, 2.75) is 44.6 Å². The van der Waals surface area contributed by atoms with Crippen LogP contribution in [0.2, 0.25) is 0 Å². The lowest BCUT2D eigenvalue weighted by Gasteiger charge is -2.40. The third-order valence-corrected chi connectivity index (χ3v) is 4.02. The van der Waals surface area contributed by atoms with Crippen LogP contribution in [0.15, 0.2) is 0 Å². The first-order valence-corrected chi connectivity index (χ1v) is 7.31. The molecule has 4 heteroatoms. The van der Waals surface area contributed by atoms with Crippen LogP contribution in [0.3, 0.4) is 0 Å². The normalized spacial score (nSPS) is 18.7. The van der Waals surface area contributed by atoms with Gasteiger partial charge in [-0.2, -0.15) is 0 Å². The Balaban J connectivity index is 2.38. The molecule has 4 nitrogen and oxygen atoms in total. The molecule has 1 aliphatic rings. The Kier molecular flexibility index (Phi) is 7.82. The molecule has 18 heavy (non-hydrogen) atoms. The van der Waals surface area contributed by atoms with Crippen molar-refractivity contribution in [2.24, 2.45) is 5.73 Å². The topological polar surface area (TPSA) is 47.7 Å². The van der Waals surface area contributed by atoms with Crippen molar-refractivity contribution in [2.75, 3.05) is 46.6 Å². The third-order valence-electron chi connectivity index (χ3n) is 4.02. The predicted octanol–water partition coefficient (Wildman–Crippen LogP) is 1.63. The van der Waals surface area contributed by atoms with Crippen molar-refractivity contribution in [1.29, 1.82) is 0 Å². The van der Waals surface area contributed by atoms with Gasteiger partial charge in [0.2, 0.25) is 0 Å². The Morgan fingerprint density at radius 2 is 1.83 bits per heavy atom. The van der Waals surface area contributed by atoms with E-state index in [4.69, 9.17) is 15.2 Å². The molecule has 0 saturated heterocycles. The van der Waals surface area contributed by atoms with Crippen molar-refractivity contribution >= 4 is 0 Å². The van der Waals surface area contributed by atoms with Crippen LogP contribution >= 0.6 is 0 Å². The minimum atomic E-state index is 0.251. The van der Waals surface area contributed by atoms with E-state index in [0.29, 0.717) is 13.2 Å². The van der Waals surface area contributed by atoms with E-state index in [1.807, 2.05) is 0 Å². The quantitative estimate of drug-likeness (QED) is 0.605. The molecule has 0 amide bonds. The molecule has 0 aromatic heterocycles. The molecule has 0 aromatic carbocycles. The Hall–Kier alpha value is -0.160. The SMILES string of the molecule is CCCN(CCOCCOC)C1(CN)CCCC1. The first kappa shape index (κ1) is 15.9. The summed E-state index contributed by atoms with van der Waals surface area (Å²) in [7, 11) is 1.70. The van der Waals surface area contributed by atoms with Crippen LogP contribution in [0.5, 0.6) is 0 Å². The standard InChI is InChI=1S/C14H30N2O2/c1-3-8-16(9-10-18-12-11-17-2)14(13-15)6-4-5-7-14/h3-13,15H2,1-2H3. The largest absolute Gasteiger partial charge is 0.382 e. The number of nitrogens with two attached hydrogens (primary N) is 1. The number of hydrogen-bond donors (Lipinski definition) is 1. The molecule has 0 heterocycles. The molecule has 2 N–H and O–H groups in total. The maximum absolute atomic E-state index is 6.05. The molecular weight excluding hydrogens is 228 g/mol. The molecule has 1 fully saturated rings. The number of rotatable bonds is 10. The van der Waals surface area contributed by atoms with Gasteiger partial charge < -0.3 is 15.2 Å². The highest BCUT2D eigenvalue weighted by Gasteiger charge is 2.37. The maximum atomic E-state index is 6.05. The first-order chi connectivity index (χ1) is 8.79. The zero-order valence-corrected chi connectivity index (χ0v) is 12.1. The van der Waals surface area contributed by atoms with Crippen LogP contribution in [0, 0.1) is 0 Å². The number of methoxy groups -OCH3 is 1. The lowest BCUT2D eigenvalue weighted by atomic mass is 9.95. The van der Waals surface area contributed by atoms with E-state index < -0.39 is 0 Å².